The fourth-order valence-corrected chi connectivity index (χ4v) is 3.35. The molecule has 0 fully saturated rings. The highest BCUT2D eigenvalue weighted by molar-refractivity contribution is 8.05. The van der Waals surface area contributed by atoms with E-state index in [0.717, 1.165) is 0 Å². The summed E-state index contributed by atoms with van der Waals surface area (Å²) in [7, 11) is 3.66. The van der Waals surface area contributed by atoms with Crippen LogP contribution in [0.1, 0.15) is 0 Å². The molecule has 1 rings (SSSR count). The van der Waals surface area contributed by atoms with Crippen LogP contribution in [0.5, 0.6) is 0 Å². The summed E-state index contributed by atoms with van der Waals surface area (Å²) in [5.74, 6) is 0. The molecule has 0 N–H and O–H groups in total. The fourth-order valence-electron chi connectivity index (χ4n) is 0.124. The van der Waals surface area contributed by atoms with E-state index in [-0.39, 0.29) is 0 Å². The standard InChI is InChI=1S/C2H2PS2/c1-2-5-3-4-1/h1-2H/q+1. The fraction of sp³-hybridized carbons (Fsp3) is 0. The first-order valence-corrected chi connectivity index (χ1v) is 5.03. The topological polar surface area (TPSA) is 0 Å². The van der Waals surface area contributed by atoms with Gasteiger partial charge in [0.05, 0.1) is 0 Å². The second kappa shape index (κ2) is 1.81. The van der Waals surface area contributed by atoms with E-state index in [9.17, 15) is 0 Å². The molecule has 0 aromatic carbocycles. The van der Waals surface area contributed by atoms with Crippen LogP contribution in [0.25, 0.3) is 0 Å². The quantitative estimate of drug-likeness (QED) is 0.463. The van der Waals surface area contributed by atoms with Crippen molar-refractivity contribution in [2.75, 3.05) is 0 Å². The molecule has 0 aliphatic heterocycles. The Morgan fingerprint density at radius 1 is 1.80 bits per heavy atom. The van der Waals surface area contributed by atoms with Crippen molar-refractivity contribution in [3.05, 3.63) is 10.8 Å². The first kappa shape index (κ1) is 3.66. The molecule has 0 spiro atoms. The van der Waals surface area contributed by atoms with Crippen LogP contribution in [0.4, 0.5) is 0 Å². The maximum Gasteiger partial charge on any atom is 0.316 e. The van der Waals surface area contributed by atoms with Crippen molar-refractivity contribution in [1.82, 2.24) is 0 Å². The second-order valence-electron chi connectivity index (χ2n) is 0.558. The van der Waals surface area contributed by atoms with Gasteiger partial charge in [0.1, 0.15) is 32.6 Å². The van der Waals surface area contributed by atoms with Gasteiger partial charge in [0.15, 0.2) is 0 Å². The van der Waals surface area contributed by atoms with Gasteiger partial charge in [-0.2, -0.15) is 0 Å². The maximum absolute atomic E-state index is 2.10. The molecular formula is C2H2PS2+. The molecule has 0 saturated heterocycles. The summed E-state index contributed by atoms with van der Waals surface area (Å²) in [6.07, 6.45) is 0. The Morgan fingerprint density at radius 3 is 3.00 bits per heavy atom. The van der Waals surface area contributed by atoms with E-state index in [1.54, 1.807) is 0 Å². The van der Waals surface area contributed by atoms with Crippen LogP contribution in [0.15, 0.2) is 10.8 Å². The van der Waals surface area contributed by atoms with Gasteiger partial charge in [0.25, 0.3) is 0 Å². The lowest BCUT2D eigenvalue weighted by atomic mass is 11.2. The average molecular weight is 121 g/mol. The second-order valence-corrected chi connectivity index (χ2v) is 4.73. The molecule has 1 heterocycles. The minimum absolute atomic E-state index is 1.41. The number of hydrogen-bond acceptors (Lipinski definition) is 1. The monoisotopic (exact) mass is 121 g/mol. The van der Waals surface area contributed by atoms with Gasteiger partial charge in [0.2, 0.25) is 0 Å². The SMILES string of the molecule is c1c[s+]ps1. The van der Waals surface area contributed by atoms with E-state index < -0.39 is 0 Å². The summed E-state index contributed by atoms with van der Waals surface area (Å²) in [5.41, 5.74) is 0. The molecule has 3 heteroatoms. The van der Waals surface area contributed by atoms with Gasteiger partial charge in [0, 0.05) is 0 Å². The lowest BCUT2D eigenvalue weighted by molar-refractivity contribution is 2.38. The smallest absolute Gasteiger partial charge is 0.106 e. The van der Waals surface area contributed by atoms with Crippen LogP contribution in [0, 0.1) is 0 Å². The normalized spacial score (nSPS) is 9.60. The molecular weight excluding hydrogens is 119 g/mol. The largest absolute Gasteiger partial charge is 0.316 e. The molecule has 0 radical (unpaired) electrons. The van der Waals surface area contributed by atoms with Crippen LogP contribution >= 0.6 is 28.4 Å². The third-order valence-corrected chi connectivity index (χ3v) is 3.92. The Kier molecular flexibility index (Phi) is 1.32. The van der Waals surface area contributed by atoms with Crippen LogP contribution in [0.3, 0.4) is 0 Å². The van der Waals surface area contributed by atoms with Gasteiger partial charge in [-0.1, -0.05) is 0 Å². The molecule has 0 amide bonds. The minimum Gasteiger partial charge on any atom is 0.106 e. The molecule has 0 saturated carbocycles. The summed E-state index contributed by atoms with van der Waals surface area (Å²) in [5, 5.41) is 4.21. The van der Waals surface area contributed by atoms with Crippen molar-refractivity contribution in [3.8, 4) is 0 Å². The third kappa shape index (κ3) is 0.918. The van der Waals surface area contributed by atoms with E-state index in [2.05, 4.69) is 10.8 Å². The average Bonchev–Trinajstić information content (AvgIpc) is 1.76. The molecule has 26 valence electrons. The summed E-state index contributed by atoms with van der Waals surface area (Å²) in [6, 6.07) is 0. The van der Waals surface area contributed by atoms with Crippen molar-refractivity contribution in [2.24, 2.45) is 0 Å². The molecule has 0 aliphatic rings. The van der Waals surface area contributed by atoms with Crippen molar-refractivity contribution in [3.63, 3.8) is 0 Å². The van der Waals surface area contributed by atoms with Gasteiger partial charge < -0.3 is 0 Å². The van der Waals surface area contributed by atoms with Crippen molar-refractivity contribution < 1.29 is 0 Å². The highest BCUT2D eigenvalue weighted by Crippen LogP contribution is 2.19. The highest BCUT2D eigenvalue weighted by atomic mass is 32.8. The lowest BCUT2D eigenvalue weighted by Gasteiger charge is -1.20. The Hall–Kier alpha value is 0.480. The Bertz CT molecular complexity index is 64.1. The molecule has 1 aromatic heterocycles. The van der Waals surface area contributed by atoms with E-state index in [4.69, 9.17) is 0 Å². The Morgan fingerprint density at radius 2 is 2.80 bits per heavy atom. The summed E-state index contributed by atoms with van der Waals surface area (Å²) in [6.45, 7) is 1.41. The lowest BCUT2D eigenvalue weighted by Crippen LogP contribution is -1.05. The van der Waals surface area contributed by atoms with Gasteiger partial charge >= 0.3 is 6.55 Å². The molecule has 0 atom stereocenters. The van der Waals surface area contributed by atoms with Crippen LogP contribution in [-0.4, -0.2) is 0 Å². The number of hydrogen-bond donors (Lipinski definition) is 0. The van der Waals surface area contributed by atoms with E-state index in [0.29, 0.717) is 0 Å². The first-order valence-electron chi connectivity index (χ1n) is 1.17. The zero-order chi connectivity index (χ0) is 3.54. The van der Waals surface area contributed by atoms with E-state index >= 15 is 0 Å². The minimum atomic E-state index is 1.41. The first-order chi connectivity index (χ1) is 2.50. The zero-order valence-corrected chi connectivity index (χ0v) is 4.95. The Balaban J connectivity index is 3.13. The van der Waals surface area contributed by atoms with Gasteiger partial charge in [-0.3, -0.25) is 0 Å². The van der Waals surface area contributed by atoms with Gasteiger partial charge in [-0.05, 0) is 0 Å². The third-order valence-electron chi connectivity index (χ3n) is 0.263. The van der Waals surface area contributed by atoms with Crippen LogP contribution in [-0.2, 0) is 0 Å². The zero-order valence-electron chi connectivity index (χ0n) is 2.42. The molecule has 5 heavy (non-hydrogen) atoms. The van der Waals surface area contributed by atoms with Crippen molar-refractivity contribution in [1.29, 1.82) is 0 Å². The van der Waals surface area contributed by atoms with E-state index in [1.165, 1.54) is 6.55 Å². The molecule has 0 aliphatic carbocycles. The molecule has 1 aromatic rings. The van der Waals surface area contributed by atoms with Crippen LogP contribution < -0.4 is 0 Å². The molecule has 0 unspecified atom stereocenters. The van der Waals surface area contributed by atoms with Crippen LogP contribution in [0.2, 0.25) is 0 Å². The van der Waals surface area contributed by atoms with E-state index in [1.807, 2.05) is 21.9 Å². The molecule has 0 nitrogen and oxygen atoms in total. The Labute approximate surface area is 39.7 Å². The summed E-state index contributed by atoms with van der Waals surface area (Å²) < 4.78 is 0. The van der Waals surface area contributed by atoms with Gasteiger partial charge in [-0.25, -0.2) is 0 Å². The summed E-state index contributed by atoms with van der Waals surface area (Å²) in [4.78, 5) is 0. The molecule has 0 bridgehead atoms. The van der Waals surface area contributed by atoms with Crippen molar-refractivity contribution in [2.45, 2.75) is 0 Å². The van der Waals surface area contributed by atoms with Crippen molar-refractivity contribution >= 4 is 28.4 Å². The predicted octanol–water partition coefficient (Wildman–Crippen LogP) is 2.67. The maximum atomic E-state index is 2.10. The number of rotatable bonds is 0. The van der Waals surface area contributed by atoms with Gasteiger partial charge in [-0.15, -0.1) is 0 Å². The summed E-state index contributed by atoms with van der Waals surface area (Å²) >= 11 is 0. The predicted molar refractivity (Wildman–Crippen MR) is 29.1 cm³/mol. The highest BCUT2D eigenvalue weighted by Gasteiger charge is 1.80.